The highest BCUT2D eigenvalue weighted by atomic mass is 35.5. The molecule has 14 heavy (non-hydrogen) atoms. The molecule has 0 saturated carbocycles. The zero-order valence-electron chi connectivity index (χ0n) is 8.66. The Kier molecular flexibility index (Phi) is 4.74. The van der Waals surface area contributed by atoms with Crippen LogP contribution in [-0.4, -0.2) is 11.6 Å². The monoisotopic (exact) mass is 213 g/mol. The zero-order valence-corrected chi connectivity index (χ0v) is 9.42. The summed E-state index contributed by atoms with van der Waals surface area (Å²) in [5.74, 6) is 1.76. The molecule has 0 aliphatic rings. The molecule has 1 aromatic heterocycles. The highest BCUT2D eigenvalue weighted by molar-refractivity contribution is 6.16. The van der Waals surface area contributed by atoms with Crippen LogP contribution < -0.4 is 4.74 Å². The molecule has 1 aromatic rings. The first-order valence-corrected chi connectivity index (χ1v) is 5.40. The van der Waals surface area contributed by atoms with Crippen molar-refractivity contribution in [2.24, 2.45) is 5.92 Å². The normalized spacial score (nSPS) is 10.6. The maximum atomic E-state index is 5.67. The smallest absolute Gasteiger partial charge is 0.213 e. The number of hydrogen-bond acceptors (Lipinski definition) is 2. The molecular formula is C11H16ClNO. The second-order valence-corrected chi connectivity index (χ2v) is 3.90. The standard InChI is InChI=1S/C11H16ClNO/c1-9(2)6-7-14-11-5-3-4-10(8-12)13-11/h3-5,9H,6-8H2,1-2H3. The van der Waals surface area contributed by atoms with Crippen molar-refractivity contribution in [2.45, 2.75) is 26.1 Å². The Morgan fingerprint density at radius 1 is 1.43 bits per heavy atom. The summed E-state index contributed by atoms with van der Waals surface area (Å²) in [4.78, 5) is 4.23. The van der Waals surface area contributed by atoms with E-state index in [2.05, 4.69) is 18.8 Å². The fourth-order valence-electron chi connectivity index (χ4n) is 1.01. The largest absolute Gasteiger partial charge is 0.478 e. The summed E-state index contributed by atoms with van der Waals surface area (Å²) in [5.41, 5.74) is 0.855. The van der Waals surface area contributed by atoms with E-state index in [1.165, 1.54) is 0 Å². The van der Waals surface area contributed by atoms with Crippen LogP contribution in [0.1, 0.15) is 26.0 Å². The van der Waals surface area contributed by atoms with Crippen LogP contribution in [0.2, 0.25) is 0 Å². The molecule has 1 rings (SSSR count). The van der Waals surface area contributed by atoms with Crippen molar-refractivity contribution in [1.29, 1.82) is 0 Å². The average Bonchev–Trinajstić information content (AvgIpc) is 2.18. The lowest BCUT2D eigenvalue weighted by atomic mass is 10.1. The van der Waals surface area contributed by atoms with E-state index < -0.39 is 0 Å². The van der Waals surface area contributed by atoms with Crippen molar-refractivity contribution >= 4 is 11.6 Å². The van der Waals surface area contributed by atoms with E-state index in [0.29, 0.717) is 17.7 Å². The Balaban J connectivity index is 2.42. The van der Waals surface area contributed by atoms with E-state index in [0.717, 1.165) is 18.7 Å². The number of aromatic nitrogens is 1. The van der Waals surface area contributed by atoms with E-state index in [4.69, 9.17) is 16.3 Å². The van der Waals surface area contributed by atoms with Crippen LogP contribution in [0.25, 0.3) is 0 Å². The van der Waals surface area contributed by atoms with Gasteiger partial charge in [-0.15, -0.1) is 11.6 Å². The highest BCUT2D eigenvalue weighted by Gasteiger charge is 1.98. The quantitative estimate of drug-likeness (QED) is 0.701. The van der Waals surface area contributed by atoms with Crippen LogP contribution in [-0.2, 0) is 5.88 Å². The summed E-state index contributed by atoms with van der Waals surface area (Å²) in [7, 11) is 0. The molecular weight excluding hydrogens is 198 g/mol. The van der Waals surface area contributed by atoms with Gasteiger partial charge in [-0.3, -0.25) is 0 Å². The average molecular weight is 214 g/mol. The van der Waals surface area contributed by atoms with E-state index in [9.17, 15) is 0 Å². The minimum absolute atomic E-state index is 0.432. The number of rotatable bonds is 5. The topological polar surface area (TPSA) is 22.1 Å². The SMILES string of the molecule is CC(C)CCOc1cccc(CCl)n1. The third-order valence-corrected chi connectivity index (χ3v) is 2.14. The molecule has 0 atom stereocenters. The Labute approximate surface area is 90.3 Å². The van der Waals surface area contributed by atoms with Crippen LogP contribution in [0.4, 0.5) is 0 Å². The van der Waals surface area contributed by atoms with E-state index in [1.54, 1.807) is 0 Å². The molecule has 0 aliphatic carbocycles. The first-order valence-electron chi connectivity index (χ1n) is 4.87. The fourth-order valence-corrected chi connectivity index (χ4v) is 1.16. The van der Waals surface area contributed by atoms with Crippen molar-refractivity contribution in [3.05, 3.63) is 23.9 Å². The van der Waals surface area contributed by atoms with Gasteiger partial charge in [0.2, 0.25) is 5.88 Å². The third kappa shape index (κ3) is 3.97. The van der Waals surface area contributed by atoms with Crippen molar-refractivity contribution in [3.8, 4) is 5.88 Å². The van der Waals surface area contributed by atoms with Crippen molar-refractivity contribution < 1.29 is 4.74 Å². The summed E-state index contributed by atoms with van der Waals surface area (Å²) >= 11 is 5.67. The molecule has 78 valence electrons. The van der Waals surface area contributed by atoms with Gasteiger partial charge in [0.05, 0.1) is 18.2 Å². The second-order valence-electron chi connectivity index (χ2n) is 3.63. The highest BCUT2D eigenvalue weighted by Crippen LogP contribution is 2.10. The molecule has 0 saturated heterocycles. The van der Waals surface area contributed by atoms with Crippen LogP contribution in [0.3, 0.4) is 0 Å². The number of alkyl halides is 1. The van der Waals surface area contributed by atoms with Gasteiger partial charge < -0.3 is 4.74 Å². The van der Waals surface area contributed by atoms with Crippen molar-refractivity contribution in [1.82, 2.24) is 4.98 Å². The second kappa shape index (κ2) is 5.86. The van der Waals surface area contributed by atoms with E-state index >= 15 is 0 Å². The lowest BCUT2D eigenvalue weighted by Gasteiger charge is -2.07. The molecule has 0 radical (unpaired) electrons. The van der Waals surface area contributed by atoms with E-state index in [-0.39, 0.29) is 0 Å². The number of pyridine rings is 1. The van der Waals surface area contributed by atoms with Crippen molar-refractivity contribution in [3.63, 3.8) is 0 Å². The Morgan fingerprint density at radius 3 is 2.86 bits per heavy atom. The summed E-state index contributed by atoms with van der Waals surface area (Å²) in [6.45, 7) is 5.06. The number of halogens is 1. The Morgan fingerprint density at radius 2 is 2.21 bits per heavy atom. The number of nitrogens with zero attached hydrogens (tertiary/aromatic N) is 1. The first-order chi connectivity index (χ1) is 6.72. The minimum atomic E-state index is 0.432. The Hall–Kier alpha value is -0.760. The molecule has 0 aliphatic heterocycles. The number of ether oxygens (including phenoxy) is 1. The van der Waals surface area contributed by atoms with Gasteiger partial charge in [-0.2, -0.15) is 0 Å². The maximum absolute atomic E-state index is 5.67. The third-order valence-electron chi connectivity index (χ3n) is 1.86. The lowest BCUT2D eigenvalue weighted by molar-refractivity contribution is 0.279. The van der Waals surface area contributed by atoms with Crippen LogP contribution in [0, 0.1) is 5.92 Å². The predicted molar refractivity (Wildman–Crippen MR) is 58.7 cm³/mol. The fraction of sp³-hybridized carbons (Fsp3) is 0.545. The molecule has 0 bridgehead atoms. The molecule has 0 fully saturated rings. The van der Waals surface area contributed by atoms with Crippen LogP contribution >= 0.6 is 11.6 Å². The minimum Gasteiger partial charge on any atom is -0.478 e. The van der Waals surface area contributed by atoms with Gasteiger partial charge in [0.25, 0.3) is 0 Å². The first kappa shape index (κ1) is 11.3. The molecule has 2 nitrogen and oxygen atoms in total. The zero-order chi connectivity index (χ0) is 10.4. The molecule has 0 spiro atoms. The number of hydrogen-bond donors (Lipinski definition) is 0. The van der Waals surface area contributed by atoms with Gasteiger partial charge in [0.15, 0.2) is 0 Å². The Bertz CT molecular complexity index is 276. The van der Waals surface area contributed by atoms with E-state index in [1.807, 2.05) is 18.2 Å². The molecule has 0 N–H and O–H groups in total. The maximum Gasteiger partial charge on any atom is 0.213 e. The van der Waals surface area contributed by atoms with Gasteiger partial charge >= 0.3 is 0 Å². The van der Waals surface area contributed by atoms with Crippen LogP contribution in [0.15, 0.2) is 18.2 Å². The van der Waals surface area contributed by atoms with Crippen LogP contribution in [0.5, 0.6) is 5.88 Å². The summed E-state index contributed by atoms with van der Waals surface area (Å²) in [6, 6.07) is 5.66. The van der Waals surface area contributed by atoms with Gasteiger partial charge in [0.1, 0.15) is 0 Å². The van der Waals surface area contributed by atoms with Crippen molar-refractivity contribution in [2.75, 3.05) is 6.61 Å². The summed E-state index contributed by atoms with van der Waals surface area (Å²) in [5, 5.41) is 0. The molecule has 0 aromatic carbocycles. The summed E-state index contributed by atoms with van der Waals surface area (Å²) < 4.78 is 5.49. The summed E-state index contributed by atoms with van der Waals surface area (Å²) in [6.07, 6.45) is 1.05. The molecule has 0 unspecified atom stereocenters. The predicted octanol–water partition coefficient (Wildman–Crippen LogP) is 3.25. The lowest BCUT2D eigenvalue weighted by Crippen LogP contribution is -2.03. The molecule has 3 heteroatoms. The molecule has 0 amide bonds. The van der Waals surface area contributed by atoms with Gasteiger partial charge in [-0.1, -0.05) is 19.9 Å². The van der Waals surface area contributed by atoms with Gasteiger partial charge in [-0.25, -0.2) is 4.98 Å². The van der Waals surface area contributed by atoms with Gasteiger partial charge in [0, 0.05) is 6.07 Å². The molecule has 1 heterocycles. The van der Waals surface area contributed by atoms with Gasteiger partial charge in [-0.05, 0) is 18.4 Å².